The monoisotopic (exact) mass is 423 g/mol. The summed E-state index contributed by atoms with van der Waals surface area (Å²) in [6.45, 7) is 10.1. The van der Waals surface area contributed by atoms with Crippen molar-refractivity contribution in [2.45, 2.75) is 39.8 Å². The number of aryl methyl sites for hydroxylation is 1. The van der Waals surface area contributed by atoms with E-state index in [1.807, 2.05) is 55.1 Å². The number of nitrogens with zero attached hydrogens (tertiary/aromatic N) is 2. The third kappa shape index (κ3) is 6.82. The van der Waals surface area contributed by atoms with Gasteiger partial charge in [0.2, 0.25) is 11.8 Å². The highest BCUT2D eigenvalue weighted by Crippen LogP contribution is 2.20. The van der Waals surface area contributed by atoms with Crippen molar-refractivity contribution < 1.29 is 14.3 Å². The fourth-order valence-electron chi connectivity index (χ4n) is 3.87. The van der Waals surface area contributed by atoms with Crippen LogP contribution in [0.1, 0.15) is 43.0 Å². The number of carbonyl (C=O) groups is 2. The van der Waals surface area contributed by atoms with Gasteiger partial charge in [-0.1, -0.05) is 42.0 Å². The summed E-state index contributed by atoms with van der Waals surface area (Å²) in [5, 5.41) is 2.93. The van der Waals surface area contributed by atoms with Gasteiger partial charge in [-0.15, -0.1) is 0 Å². The molecule has 2 amide bonds. The summed E-state index contributed by atoms with van der Waals surface area (Å²) >= 11 is 0. The molecule has 6 nitrogen and oxygen atoms in total. The number of benzene rings is 2. The number of hydrogen-bond donors (Lipinski definition) is 1. The van der Waals surface area contributed by atoms with Gasteiger partial charge in [0.15, 0.2) is 0 Å². The lowest BCUT2D eigenvalue weighted by Crippen LogP contribution is -2.49. The predicted octanol–water partition coefficient (Wildman–Crippen LogP) is 3.31. The van der Waals surface area contributed by atoms with Crippen LogP contribution in [0.25, 0.3) is 0 Å². The molecule has 0 radical (unpaired) electrons. The zero-order valence-corrected chi connectivity index (χ0v) is 18.8. The molecule has 6 heteroatoms. The molecule has 0 bridgehead atoms. The highest BCUT2D eigenvalue weighted by molar-refractivity contribution is 5.79. The van der Waals surface area contributed by atoms with Crippen LogP contribution in [-0.4, -0.2) is 54.4 Å². The van der Waals surface area contributed by atoms with Crippen molar-refractivity contribution in [1.29, 1.82) is 0 Å². The summed E-state index contributed by atoms with van der Waals surface area (Å²) in [6.07, 6.45) is 0.279. The molecular formula is C25H33N3O3. The van der Waals surface area contributed by atoms with E-state index in [-0.39, 0.29) is 24.3 Å². The molecule has 3 rings (SSSR count). The van der Waals surface area contributed by atoms with E-state index in [0.717, 1.165) is 36.5 Å². The minimum atomic E-state index is -0.299. The van der Waals surface area contributed by atoms with Gasteiger partial charge in [-0.3, -0.25) is 14.5 Å². The Balaban J connectivity index is 1.52. The number of nitrogens with one attached hydrogen (secondary N) is 1. The van der Waals surface area contributed by atoms with Crippen LogP contribution in [0.15, 0.2) is 48.5 Å². The molecule has 1 N–H and O–H groups in total. The van der Waals surface area contributed by atoms with Gasteiger partial charge in [0.05, 0.1) is 19.1 Å². The average molecular weight is 424 g/mol. The van der Waals surface area contributed by atoms with E-state index < -0.39 is 0 Å². The molecule has 1 unspecified atom stereocenters. The van der Waals surface area contributed by atoms with E-state index in [2.05, 4.69) is 22.3 Å². The van der Waals surface area contributed by atoms with Crippen LogP contribution in [0.5, 0.6) is 5.75 Å². The van der Waals surface area contributed by atoms with Gasteiger partial charge in [-0.2, -0.15) is 0 Å². The van der Waals surface area contributed by atoms with Crippen molar-refractivity contribution in [3.05, 3.63) is 65.2 Å². The van der Waals surface area contributed by atoms with Crippen LogP contribution >= 0.6 is 0 Å². The maximum atomic E-state index is 12.9. The van der Waals surface area contributed by atoms with Gasteiger partial charge >= 0.3 is 0 Å². The second-order valence-corrected chi connectivity index (χ2v) is 8.10. The maximum absolute atomic E-state index is 12.9. The lowest BCUT2D eigenvalue weighted by atomic mass is 10.0. The van der Waals surface area contributed by atoms with Gasteiger partial charge < -0.3 is 15.0 Å². The first-order valence-electron chi connectivity index (χ1n) is 11.0. The minimum absolute atomic E-state index is 0.0834. The first kappa shape index (κ1) is 22.8. The van der Waals surface area contributed by atoms with Gasteiger partial charge in [0.25, 0.3) is 0 Å². The molecule has 0 saturated carbocycles. The van der Waals surface area contributed by atoms with Gasteiger partial charge in [-0.05, 0) is 37.1 Å². The van der Waals surface area contributed by atoms with E-state index >= 15 is 0 Å². The Morgan fingerprint density at radius 2 is 1.65 bits per heavy atom. The summed E-state index contributed by atoms with van der Waals surface area (Å²) < 4.78 is 5.50. The predicted molar refractivity (Wildman–Crippen MR) is 122 cm³/mol. The summed E-state index contributed by atoms with van der Waals surface area (Å²) in [5.41, 5.74) is 3.36. The quantitative estimate of drug-likeness (QED) is 0.708. The van der Waals surface area contributed by atoms with E-state index in [1.54, 1.807) is 0 Å². The topological polar surface area (TPSA) is 61.9 Å². The van der Waals surface area contributed by atoms with E-state index in [4.69, 9.17) is 4.74 Å². The summed E-state index contributed by atoms with van der Waals surface area (Å²) in [6, 6.07) is 15.9. The Bertz CT molecular complexity index is 857. The molecule has 2 aromatic carbocycles. The standard InChI is InChI=1S/C25H33N3O3/c1-4-31-23-11-7-21(8-12-23)18-27-13-15-28(16-14-27)25(30)17-24(26-20(3)29)22-9-5-19(2)6-10-22/h5-12,24H,4,13-18H2,1-3H3,(H,26,29). The molecule has 1 fully saturated rings. The maximum Gasteiger partial charge on any atom is 0.225 e. The van der Waals surface area contributed by atoms with Crippen molar-refractivity contribution in [2.75, 3.05) is 32.8 Å². The van der Waals surface area contributed by atoms with Crippen molar-refractivity contribution >= 4 is 11.8 Å². The SMILES string of the molecule is CCOc1ccc(CN2CCN(C(=O)CC(NC(C)=O)c3ccc(C)cc3)CC2)cc1. The van der Waals surface area contributed by atoms with Crippen LogP contribution in [0.2, 0.25) is 0 Å². The first-order chi connectivity index (χ1) is 14.9. The Hall–Kier alpha value is -2.86. The molecular weight excluding hydrogens is 390 g/mol. The van der Waals surface area contributed by atoms with Crippen molar-refractivity contribution in [3.8, 4) is 5.75 Å². The number of carbonyl (C=O) groups excluding carboxylic acids is 2. The van der Waals surface area contributed by atoms with Gasteiger partial charge in [-0.25, -0.2) is 0 Å². The molecule has 166 valence electrons. The summed E-state index contributed by atoms with van der Waals surface area (Å²) in [4.78, 5) is 28.9. The van der Waals surface area contributed by atoms with Crippen LogP contribution in [-0.2, 0) is 16.1 Å². The number of ether oxygens (including phenoxy) is 1. The molecule has 2 aromatic rings. The van der Waals surface area contributed by atoms with Crippen molar-refractivity contribution in [2.24, 2.45) is 0 Å². The molecule has 1 heterocycles. The Kier molecular flexibility index (Phi) is 8.06. The normalized spacial score (nSPS) is 15.4. The number of rotatable bonds is 8. The summed E-state index contributed by atoms with van der Waals surface area (Å²) in [7, 11) is 0. The zero-order chi connectivity index (χ0) is 22.2. The Morgan fingerprint density at radius 1 is 1.00 bits per heavy atom. The third-order valence-corrected chi connectivity index (χ3v) is 5.60. The van der Waals surface area contributed by atoms with Crippen LogP contribution < -0.4 is 10.1 Å². The zero-order valence-electron chi connectivity index (χ0n) is 18.8. The molecule has 1 aliphatic heterocycles. The van der Waals surface area contributed by atoms with E-state index in [0.29, 0.717) is 19.7 Å². The molecule has 0 spiro atoms. The lowest BCUT2D eigenvalue weighted by Gasteiger charge is -2.35. The molecule has 1 aliphatic rings. The highest BCUT2D eigenvalue weighted by Gasteiger charge is 2.25. The molecule has 0 aliphatic carbocycles. The Morgan fingerprint density at radius 3 is 2.23 bits per heavy atom. The van der Waals surface area contributed by atoms with Crippen LogP contribution in [0, 0.1) is 6.92 Å². The van der Waals surface area contributed by atoms with E-state index in [1.165, 1.54) is 12.5 Å². The smallest absolute Gasteiger partial charge is 0.225 e. The van der Waals surface area contributed by atoms with Gasteiger partial charge in [0.1, 0.15) is 5.75 Å². The van der Waals surface area contributed by atoms with Crippen molar-refractivity contribution in [1.82, 2.24) is 15.1 Å². The van der Waals surface area contributed by atoms with Crippen molar-refractivity contribution in [3.63, 3.8) is 0 Å². The van der Waals surface area contributed by atoms with Crippen LogP contribution in [0.3, 0.4) is 0 Å². The fraction of sp³-hybridized carbons (Fsp3) is 0.440. The fourth-order valence-corrected chi connectivity index (χ4v) is 3.87. The third-order valence-electron chi connectivity index (χ3n) is 5.60. The summed E-state index contributed by atoms with van der Waals surface area (Å²) in [5.74, 6) is 0.850. The van der Waals surface area contributed by atoms with E-state index in [9.17, 15) is 9.59 Å². The number of piperazine rings is 1. The Labute approximate surface area is 185 Å². The minimum Gasteiger partial charge on any atom is -0.494 e. The lowest BCUT2D eigenvalue weighted by molar-refractivity contribution is -0.133. The first-order valence-corrected chi connectivity index (χ1v) is 11.0. The molecule has 1 atom stereocenters. The number of amides is 2. The average Bonchev–Trinajstić information content (AvgIpc) is 2.75. The molecule has 0 aromatic heterocycles. The second-order valence-electron chi connectivity index (χ2n) is 8.10. The highest BCUT2D eigenvalue weighted by atomic mass is 16.5. The van der Waals surface area contributed by atoms with Gasteiger partial charge in [0, 0.05) is 39.6 Å². The second kappa shape index (κ2) is 11.0. The molecule has 31 heavy (non-hydrogen) atoms. The number of hydrogen-bond acceptors (Lipinski definition) is 4. The largest absolute Gasteiger partial charge is 0.494 e. The molecule has 1 saturated heterocycles. The van der Waals surface area contributed by atoms with Crippen LogP contribution in [0.4, 0.5) is 0 Å².